The topological polar surface area (TPSA) is 84.8 Å². The predicted octanol–water partition coefficient (Wildman–Crippen LogP) is 4.58. The lowest BCUT2D eigenvalue weighted by molar-refractivity contribution is -0.118. The number of ether oxygens (including phenoxy) is 1. The molecule has 0 saturated heterocycles. The Hall–Kier alpha value is -3.65. The third-order valence-corrected chi connectivity index (χ3v) is 6.44. The number of hydrogen-bond acceptors (Lipinski definition) is 7. The van der Waals surface area contributed by atoms with Gasteiger partial charge in [0, 0.05) is 37.4 Å². The molecule has 0 fully saturated rings. The third kappa shape index (κ3) is 5.07. The second kappa shape index (κ2) is 9.92. The Morgan fingerprint density at radius 2 is 2.06 bits per heavy atom. The number of nitrogens with zero attached hydrogens (tertiary/aromatic N) is 4. The maximum atomic E-state index is 13.4. The van der Waals surface area contributed by atoms with Gasteiger partial charge in [0.15, 0.2) is 5.76 Å². The van der Waals surface area contributed by atoms with Gasteiger partial charge in [-0.05, 0) is 56.6 Å². The van der Waals surface area contributed by atoms with Crippen LogP contribution in [0.1, 0.15) is 24.3 Å². The van der Waals surface area contributed by atoms with Crippen molar-refractivity contribution < 1.29 is 18.5 Å². The highest BCUT2D eigenvalue weighted by Crippen LogP contribution is 2.33. The number of aryl methyl sites for hydroxylation is 1. The fraction of sp³-hybridized carbons (Fsp3) is 0.370. The van der Waals surface area contributed by atoms with Crippen molar-refractivity contribution in [2.24, 2.45) is 5.92 Å². The number of carbonyl (C=O) groups is 1. The van der Waals surface area contributed by atoms with E-state index < -0.39 is 0 Å². The molecule has 2 aromatic heterocycles. The van der Waals surface area contributed by atoms with Gasteiger partial charge in [-0.1, -0.05) is 29.4 Å². The SMILES string of the molecule is COc1ccc2c(c1)N(C(=O)CCc1nc(-c3cc4ccccc4o3)no1)CCC(CN(C)C)C2. The molecule has 35 heavy (non-hydrogen) atoms. The Morgan fingerprint density at radius 1 is 1.20 bits per heavy atom. The maximum absolute atomic E-state index is 13.4. The average Bonchev–Trinajstić information content (AvgIpc) is 3.46. The van der Waals surface area contributed by atoms with E-state index in [4.69, 9.17) is 13.7 Å². The molecular weight excluding hydrogens is 444 g/mol. The molecule has 182 valence electrons. The van der Waals surface area contributed by atoms with Gasteiger partial charge >= 0.3 is 0 Å². The Morgan fingerprint density at radius 3 is 2.86 bits per heavy atom. The van der Waals surface area contributed by atoms with Crippen LogP contribution < -0.4 is 9.64 Å². The minimum atomic E-state index is 0.0356. The molecule has 1 atom stereocenters. The number of anilines is 1. The Labute approximate surface area is 204 Å². The highest BCUT2D eigenvalue weighted by Gasteiger charge is 2.27. The van der Waals surface area contributed by atoms with Gasteiger partial charge < -0.3 is 23.5 Å². The predicted molar refractivity (Wildman–Crippen MR) is 134 cm³/mol. The number of para-hydroxylation sites is 1. The molecule has 1 aliphatic heterocycles. The van der Waals surface area contributed by atoms with Crippen LogP contribution in [0.15, 0.2) is 57.5 Å². The van der Waals surface area contributed by atoms with E-state index in [-0.39, 0.29) is 12.3 Å². The van der Waals surface area contributed by atoms with Crippen LogP contribution >= 0.6 is 0 Å². The number of hydrogen-bond donors (Lipinski definition) is 0. The quantitative estimate of drug-likeness (QED) is 0.388. The van der Waals surface area contributed by atoms with E-state index in [0.29, 0.717) is 36.4 Å². The molecule has 0 radical (unpaired) electrons. The van der Waals surface area contributed by atoms with Crippen LogP contribution in [0.3, 0.4) is 0 Å². The summed E-state index contributed by atoms with van der Waals surface area (Å²) >= 11 is 0. The van der Waals surface area contributed by atoms with Gasteiger partial charge in [0.2, 0.25) is 17.6 Å². The summed E-state index contributed by atoms with van der Waals surface area (Å²) in [5.74, 6) is 2.62. The molecule has 5 rings (SSSR count). The zero-order valence-electron chi connectivity index (χ0n) is 20.4. The van der Waals surface area contributed by atoms with Crippen LogP contribution in [0.4, 0.5) is 5.69 Å². The summed E-state index contributed by atoms with van der Waals surface area (Å²) in [4.78, 5) is 21.9. The van der Waals surface area contributed by atoms with Crippen molar-refractivity contribution >= 4 is 22.6 Å². The van der Waals surface area contributed by atoms with Crippen molar-refractivity contribution in [3.05, 3.63) is 60.0 Å². The molecule has 0 aliphatic carbocycles. The number of fused-ring (bicyclic) bond motifs is 2. The van der Waals surface area contributed by atoms with Crippen LogP contribution in [0.5, 0.6) is 5.75 Å². The smallest absolute Gasteiger partial charge is 0.238 e. The van der Waals surface area contributed by atoms with Crippen molar-refractivity contribution in [1.82, 2.24) is 15.0 Å². The van der Waals surface area contributed by atoms with Gasteiger partial charge in [-0.3, -0.25) is 4.79 Å². The highest BCUT2D eigenvalue weighted by molar-refractivity contribution is 5.94. The first-order valence-corrected chi connectivity index (χ1v) is 11.9. The van der Waals surface area contributed by atoms with Crippen LogP contribution in [-0.4, -0.2) is 55.2 Å². The zero-order chi connectivity index (χ0) is 24.4. The number of aromatic nitrogens is 2. The molecule has 4 aromatic rings. The molecule has 0 N–H and O–H groups in total. The average molecular weight is 475 g/mol. The fourth-order valence-corrected chi connectivity index (χ4v) is 4.77. The van der Waals surface area contributed by atoms with Gasteiger partial charge in [-0.2, -0.15) is 4.98 Å². The minimum Gasteiger partial charge on any atom is -0.497 e. The number of furan rings is 1. The molecule has 2 aromatic carbocycles. The molecule has 1 aliphatic rings. The second-order valence-corrected chi connectivity index (χ2v) is 9.32. The molecule has 0 saturated carbocycles. The van der Waals surface area contributed by atoms with Gasteiger partial charge in [-0.15, -0.1) is 0 Å². The third-order valence-electron chi connectivity index (χ3n) is 6.44. The first-order valence-electron chi connectivity index (χ1n) is 11.9. The molecule has 3 heterocycles. The largest absolute Gasteiger partial charge is 0.497 e. The first kappa shape index (κ1) is 23.1. The van der Waals surface area contributed by atoms with Crippen molar-refractivity contribution in [3.63, 3.8) is 0 Å². The molecule has 0 spiro atoms. The zero-order valence-corrected chi connectivity index (χ0v) is 20.4. The normalized spacial score (nSPS) is 15.9. The van der Waals surface area contributed by atoms with Crippen molar-refractivity contribution in [2.45, 2.75) is 25.7 Å². The summed E-state index contributed by atoms with van der Waals surface area (Å²) in [5.41, 5.74) is 2.88. The summed E-state index contributed by atoms with van der Waals surface area (Å²) in [6.07, 6.45) is 2.52. The maximum Gasteiger partial charge on any atom is 0.238 e. The van der Waals surface area contributed by atoms with Crippen LogP contribution in [0, 0.1) is 5.92 Å². The van der Waals surface area contributed by atoms with Crippen LogP contribution in [-0.2, 0) is 17.6 Å². The van der Waals surface area contributed by atoms with E-state index in [9.17, 15) is 4.79 Å². The number of carbonyl (C=O) groups excluding carboxylic acids is 1. The summed E-state index contributed by atoms with van der Waals surface area (Å²) < 4.78 is 16.7. The van der Waals surface area contributed by atoms with Gasteiger partial charge in [0.05, 0.1) is 12.8 Å². The highest BCUT2D eigenvalue weighted by atomic mass is 16.5. The van der Waals surface area contributed by atoms with Crippen molar-refractivity contribution in [2.75, 3.05) is 39.2 Å². The van der Waals surface area contributed by atoms with Gasteiger partial charge in [0.25, 0.3) is 0 Å². The molecule has 8 heteroatoms. The monoisotopic (exact) mass is 474 g/mol. The molecule has 1 amide bonds. The van der Waals surface area contributed by atoms with E-state index >= 15 is 0 Å². The van der Waals surface area contributed by atoms with E-state index in [2.05, 4.69) is 35.2 Å². The standard InChI is InChI=1S/C27H30N4O4/c1-30(2)17-18-12-13-31(22-16-21(33-3)9-8-19(22)14-18)26(32)11-10-25-28-27(29-35-25)24-15-20-6-4-5-7-23(20)34-24/h4-9,15-16,18H,10-14,17H2,1-3H3. The van der Waals surface area contributed by atoms with Gasteiger partial charge in [0.1, 0.15) is 11.3 Å². The number of amides is 1. The van der Waals surface area contributed by atoms with Crippen LogP contribution in [0.25, 0.3) is 22.6 Å². The molecule has 1 unspecified atom stereocenters. The molecule has 8 nitrogen and oxygen atoms in total. The van der Waals surface area contributed by atoms with Crippen molar-refractivity contribution in [1.29, 1.82) is 0 Å². The van der Waals surface area contributed by atoms with E-state index in [1.165, 1.54) is 5.56 Å². The van der Waals surface area contributed by atoms with Crippen LogP contribution in [0.2, 0.25) is 0 Å². The van der Waals surface area contributed by atoms with Gasteiger partial charge in [-0.25, -0.2) is 0 Å². The van der Waals surface area contributed by atoms with Crippen molar-refractivity contribution in [3.8, 4) is 17.3 Å². The molecular formula is C27H30N4O4. The number of benzene rings is 2. The second-order valence-electron chi connectivity index (χ2n) is 9.32. The molecule has 0 bridgehead atoms. The lowest BCUT2D eigenvalue weighted by atomic mass is 9.96. The first-order chi connectivity index (χ1) is 17.0. The number of rotatable bonds is 7. The Balaban J connectivity index is 1.30. The number of methoxy groups -OCH3 is 1. The summed E-state index contributed by atoms with van der Waals surface area (Å²) in [7, 11) is 5.83. The lowest BCUT2D eigenvalue weighted by Gasteiger charge is -2.23. The lowest BCUT2D eigenvalue weighted by Crippen LogP contribution is -2.33. The van der Waals surface area contributed by atoms with E-state index in [0.717, 1.165) is 41.8 Å². The summed E-state index contributed by atoms with van der Waals surface area (Å²) in [6, 6.07) is 15.7. The Kier molecular flexibility index (Phi) is 6.55. The van der Waals surface area contributed by atoms with E-state index in [1.54, 1.807) is 7.11 Å². The van der Waals surface area contributed by atoms with E-state index in [1.807, 2.05) is 47.4 Å². The fourth-order valence-electron chi connectivity index (χ4n) is 4.77. The Bertz CT molecular complexity index is 1290. The minimum absolute atomic E-state index is 0.0356. The summed E-state index contributed by atoms with van der Waals surface area (Å²) in [6.45, 7) is 1.66. The summed E-state index contributed by atoms with van der Waals surface area (Å²) in [5, 5.41) is 5.04.